The second-order valence-electron chi connectivity index (χ2n) is 3.82. The molecule has 1 nitrogen and oxygen atoms in total. The molecule has 0 saturated heterocycles. The minimum absolute atomic E-state index is 0.208. The van der Waals surface area contributed by atoms with E-state index in [0.29, 0.717) is 11.1 Å². The highest BCUT2D eigenvalue weighted by Crippen LogP contribution is 2.27. The van der Waals surface area contributed by atoms with E-state index >= 15 is 0 Å². The number of carbonyl (C=O) groups excluding carboxylic acids is 1. The molecule has 3 heteroatoms. The molecule has 0 saturated carbocycles. The summed E-state index contributed by atoms with van der Waals surface area (Å²) in [4.78, 5) is 10.6. The summed E-state index contributed by atoms with van der Waals surface area (Å²) in [5.41, 5.74) is 2.05. The summed E-state index contributed by atoms with van der Waals surface area (Å²) in [6.45, 7) is 1.76. The summed E-state index contributed by atoms with van der Waals surface area (Å²) in [7, 11) is 0. The highest BCUT2D eigenvalue weighted by Gasteiger charge is 2.09. The number of hydrogen-bond donors (Lipinski definition) is 0. The molecule has 0 N–H and O–H groups in total. The van der Waals surface area contributed by atoms with Crippen LogP contribution in [-0.4, -0.2) is 6.29 Å². The molecule has 0 amide bonds. The molecule has 0 heterocycles. The predicted octanol–water partition coefficient (Wildman–Crippen LogP) is 3.75. The van der Waals surface area contributed by atoms with Crippen LogP contribution in [0.1, 0.15) is 15.9 Å². The Hall–Kier alpha value is -2.03. The third-order valence-electron chi connectivity index (χ3n) is 2.61. The molecule has 2 aromatic rings. The zero-order valence-corrected chi connectivity index (χ0v) is 9.21. The van der Waals surface area contributed by atoms with Gasteiger partial charge in [0.2, 0.25) is 0 Å². The van der Waals surface area contributed by atoms with E-state index in [4.69, 9.17) is 0 Å². The summed E-state index contributed by atoms with van der Waals surface area (Å²) in [6.07, 6.45) is 0.721. The number of carbonyl (C=O) groups is 1. The van der Waals surface area contributed by atoms with E-state index in [-0.39, 0.29) is 5.56 Å². The van der Waals surface area contributed by atoms with Gasteiger partial charge in [0, 0.05) is 11.1 Å². The molecule has 2 aromatic carbocycles. The predicted molar refractivity (Wildman–Crippen MR) is 61.9 cm³/mol. The maximum absolute atomic E-state index is 13.6. The number of hydrogen-bond acceptors (Lipinski definition) is 1. The van der Waals surface area contributed by atoms with Crippen molar-refractivity contribution in [3.8, 4) is 11.1 Å². The Morgan fingerprint density at radius 1 is 1.00 bits per heavy atom. The maximum Gasteiger partial charge on any atom is 0.150 e. The van der Waals surface area contributed by atoms with Gasteiger partial charge in [0.05, 0.1) is 0 Å². The zero-order valence-electron chi connectivity index (χ0n) is 9.21. The third-order valence-corrected chi connectivity index (χ3v) is 2.61. The van der Waals surface area contributed by atoms with Crippen LogP contribution in [-0.2, 0) is 0 Å². The number of aldehydes is 1. The van der Waals surface area contributed by atoms with Crippen molar-refractivity contribution in [2.75, 3.05) is 0 Å². The lowest BCUT2D eigenvalue weighted by molar-refractivity contribution is 0.112. The normalized spacial score (nSPS) is 10.3. The van der Waals surface area contributed by atoms with Gasteiger partial charge < -0.3 is 0 Å². The second-order valence-corrected chi connectivity index (χ2v) is 3.82. The summed E-state index contributed by atoms with van der Waals surface area (Å²) in [5, 5.41) is 0. The molecule has 0 bridgehead atoms. The van der Waals surface area contributed by atoms with Crippen molar-refractivity contribution < 1.29 is 13.6 Å². The third kappa shape index (κ3) is 2.23. The van der Waals surface area contributed by atoms with Gasteiger partial charge in [-0.3, -0.25) is 4.79 Å². The Morgan fingerprint density at radius 2 is 1.76 bits per heavy atom. The SMILES string of the molecule is Cc1cc(C=O)ccc1-c1cc(F)ccc1F. The van der Waals surface area contributed by atoms with E-state index < -0.39 is 11.6 Å². The molecule has 0 unspecified atom stereocenters. The largest absolute Gasteiger partial charge is 0.298 e. The number of rotatable bonds is 2. The van der Waals surface area contributed by atoms with Crippen LogP contribution in [0, 0.1) is 18.6 Å². The molecule has 0 fully saturated rings. The first-order valence-electron chi connectivity index (χ1n) is 5.13. The van der Waals surface area contributed by atoms with Gasteiger partial charge in [-0.2, -0.15) is 0 Å². The van der Waals surface area contributed by atoms with Crippen LogP contribution in [0.4, 0.5) is 8.78 Å². The topological polar surface area (TPSA) is 17.1 Å². The summed E-state index contributed by atoms with van der Waals surface area (Å²) in [5.74, 6) is -0.964. The Balaban J connectivity index is 2.60. The summed E-state index contributed by atoms with van der Waals surface area (Å²) < 4.78 is 26.7. The molecule has 0 atom stereocenters. The van der Waals surface area contributed by atoms with E-state index in [1.54, 1.807) is 25.1 Å². The second kappa shape index (κ2) is 4.45. The number of aryl methyl sites for hydroxylation is 1. The molecule has 0 aliphatic rings. The van der Waals surface area contributed by atoms with Crippen LogP contribution in [0.5, 0.6) is 0 Å². The molecule has 86 valence electrons. The van der Waals surface area contributed by atoms with Crippen LogP contribution in [0.25, 0.3) is 11.1 Å². The monoisotopic (exact) mass is 232 g/mol. The molecular formula is C14H10F2O. The maximum atomic E-state index is 13.6. The molecule has 0 aliphatic carbocycles. The lowest BCUT2D eigenvalue weighted by Gasteiger charge is -2.08. The van der Waals surface area contributed by atoms with Crippen molar-refractivity contribution in [2.45, 2.75) is 6.92 Å². The number of halogens is 2. The first-order valence-corrected chi connectivity index (χ1v) is 5.13. The first-order chi connectivity index (χ1) is 8.11. The van der Waals surface area contributed by atoms with Crippen molar-refractivity contribution in [3.05, 3.63) is 59.2 Å². The molecule has 2 rings (SSSR count). The van der Waals surface area contributed by atoms with Gasteiger partial charge in [-0.25, -0.2) is 8.78 Å². The quantitative estimate of drug-likeness (QED) is 0.720. The zero-order chi connectivity index (χ0) is 12.4. The van der Waals surface area contributed by atoms with Gasteiger partial charge in [-0.05, 0) is 42.3 Å². The molecule has 0 aliphatic heterocycles. The van der Waals surface area contributed by atoms with Crippen molar-refractivity contribution in [1.82, 2.24) is 0 Å². The van der Waals surface area contributed by atoms with Gasteiger partial charge in [-0.15, -0.1) is 0 Å². The van der Waals surface area contributed by atoms with Gasteiger partial charge in [0.1, 0.15) is 17.9 Å². The van der Waals surface area contributed by atoms with Crippen molar-refractivity contribution in [3.63, 3.8) is 0 Å². The smallest absolute Gasteiger partial charge is 0.150 e. The van der Waals surface area contributed by atoms with E-state index in [0.717, 1.165) is 30.0 Å². The van der Waals surface area contributed by atoms with E-state index in [9.17, 15) is 13.6 Å². The van der Waals surface area contributed by atoms with E-state index in [1.807, 2.05) is 0 Å². The van der Waals surface area contributed by atoms with Gasteiger partial charge >= 0.3 is 0 Å². The Morgan fingerprint density at radius 3 is 2.41 bits per heavy atom. The molecule has 0 radical (unpaired) electrons. The minimum Gasteiger partial charge on any atom is -0.298 e. The van der Waals surface area contributed by atoms with Crippen LogP contribution in [0.3, 0.4) is 0 Å². The first kappa shape index (κ1) is 11.5. The lowest BCUT2D eigenvalue weighted by Crippen LogP contribution is -1.91. The fraction of sp³-hybridized carbons (Fsp3) is 0.0714. The minimum atomic E-state index is -0.486. The van der Waals surface area contributed by atoms with Gasteiger partial charge in [0.15, 0.2) is 0 Å². The number of benzene rings is 2. The summed E-state index contributed by atoms with van der Waals surface area (Å²) >= 11 is 0. The summed E-state index contributed by atoms with van der Waals surface area (Å²) in [6, 6.07) is 8.17. The Bertz CT molecular complexity index is 576. The van der Waals surface area contributed by atoms with E-state index in [2.05, 4.69) is 0 Å². The molecule has 17 heavy (non-hydrogen) atoms. The van der Waals surface area contributed by atoms with E-state index in [1.165, 1.54) is 0 Å². The highest BCUT2D eigenvalue weighted by molar-refractivity contribution is 5.78. The van der Waals surface area contributed by atoms with Crippen LogP contribution < -0.4 is 0 Å². The van der Waals surface area contributed by atoms with Crippen molar-refractivity contribution in [1.29, 1.82) is 0 Å². The van der Waals surface area contributed by atoms with Gasteiger partial charge in [-0.1, -0.05) is 12.1 Å². The highest BCUT2D eigenvalue weighted by atomic mass is 19.1. The average Bonchev–Trinajstić information content (AvgIpc) is 2.32. The van der Waals surface area contributed by atoms with Crippen LogP contribution in [0.2, 0.25) is 0 Å². The fourth-order valence-corrected chi connectivity index (χ4v) is 1.77. The van der Waals surface area contributed by atoms with Crippen LogP contribution >= 0.6 is 0 Å². The average molecular weight is 232 g/mol. The van der Waals surface area contributed by atoms with Crippen molar-refractivity contribution in [2.24, 2.45) is 0 Å². The van der Waals surface area contributed by atoms with Gasteiger partial charge in [0.25, 0.3) is 0 Å². The lowest BCUT2D eigenvalue weighted by atomic mass is 9.98. The van der Waals surface area contributed by atoms with Crippen molar-refractivity contribution >= 4 is 6.29 Å². The standard InChI is InChI=1S/C14H10F2O/c1-9-6-10(8-17)2-4-12(9)13-7-11(15)3-5-14(13)16/h2-8H,1H3. The molecular weight excluding hydrogens is 222 g/mol. The van der Waals surface area contributed by atoms with Crippen LogP contribution in [0.15, 0.2) is 36.4 Å². The molecule has 0 spiro atoms. The fourth-order valence-electron chi connectivity index (χ4n) is 1.77. The Labute approximate surface area is 97.7 Å². The molecule has 0 aromatic heterocycles. The Kier molecular flexibility index (Phi) is 3.00.